The van der Waals surface area contributed by atoms with Crippen molar-refractivity contribution in [2.24, 2.45) is 0 Å². The topological polar surface area (TPSA) is 87.6 Å². The highest BCUT2D eigenvalue weighted by Crippen LogP contribution is 2.29. The zero-order valence-electron chi connectivity index (χ0n) is 18.6. The highest BCUT2D eigenvalue weighted by Gasteiger charge is 2.31. The average Bonchev–Trinajstić information content (AvgIpc) is 2.77. The molecule has 1 atom stereocenters. The molecule has 1 aromatic heterocycles. The Hall–Kier alpha value is -2.77. The van der Waals surface area contributed by atoms with E-state index in [0.29, 0.717) is 30.5 Å². The van der Waals surface area contributed by atoms with Crippen LogP contribution in [-0.2, 0) is 15.4 Å². The molecule has 32 heavy (non-hydrogen) atoms. The smallest absolute Gasteiger partial charge is 0.254 e. The summed E-state index contributed by atoms with van der Waals surface area (Å²) in [4.78, 5) is 19.4. The van der Waals surface area contributed by atoms with Gasteiger partial charge in [-0.3, -0.25) is 9.78 Å². The van der Waals surface area contributed by atoms with Crippen LogP contribution in [0.25, 0.3) is 22.0 Å². The molecule has 0 spiro atoms. The maximum Gasteiger partial charge on any atom is 0.254 e. The van der Waals surface area contributed by atoms with Gasteiger partial charge in [-0.2, -0.15) is 0 Å². The first-order valence-electron chi connectivity index (χ1n) is 10.7. The fourth-order valence-corrected chi connectivity index (χ4v) is 5.27. The molecule has 1 fully saturated rings. The van der Waals surface area contributed by atoms with E-state index in [-0.39, 0.29) is 12.5 Å². The fraction of sp³-hybridized carbons (Fsp3) is 0.360. The van der Waals surface area contributed by atoms with E-state index in [4.69, 9.17) is 0 Å². The summed E-state index contributed by atoms with van der Waals surface area (Å²) < 4.78 is 24.1. The number of likely N-dealkylation sites (tertiary alicyclic amines) is 1. The molecule has 7 heteroatoms. The van der Waals surface area contributed by atoms with Crippen LogP contribution in [0.15, 0.2) is 54.7 Å². The number of hydrogen-bond acceptors (Lipinski definition) is 5. The summed E-state index contributed by atoms with van der Waals surface area (Å²) in [7, 11) is -3.20. The Kier molecular flexibility index (Phi) is 5.81. The largest absolute Gasteiger partial charge is 0.386 e. The molecule has 1 N–H and O–H groups in total. The van der Waals surface area contributed by atoms with Crippen molar-refractivity contribution in [3.63, 3.8) is 0 Å². The maximum atomic E-state index is 13.4. The van der Waals surface area contributed by atoms with Gasteiger partial charge in [0.2, 0.25) is 0 Å². The summed E-state index contributed by atoms with van der Waals surface area (Å²) in [6.45, 7) is 4.26. The zero-order valence-corrected chi connectivity index (χ0v) is 19.4. The lowest BCUT2D eigenvalue weighted by atomic mass is 9.94. The van der Waals surface area contributed by atoms with Crippen molar-refractivity contribution < 1.29 is 18.3 Å². The number of rotatable bonds is 4. The van der Waals surface area contributed by atoms with Crippen molar-refractivity contribution >= 4 is 26.6 Å². The van der Waals surface area contributed by atoms with Crippen molar-refractivity contribution in [1.29, 1.82) is 0 Å². The van der Waals surface area contributed by atoms with E-state index in [1.54, 1.807) is 31.0 Å². The van der Waals surface area contributed by atoms with Crippen LogP contribution in [0.2, 0.25) is 0 Å². The van der Waals surface area contributed by atoms with E-state index in [1.165, 1.54) is 6.26 Å². The monoisotopic (exact) mass is 452 g/mol. The van der Waals surface area contributed by atoms with E-state index in [9.17, 15) is 18.3 Å². The zero-order chi connectivity index (χ0) is 23.1. The normalized spacial score (nSPS) is 17.5. The van der Waals surface area contributed by atoms with Crippen molar-refractivity contribution in [2.75, 3.05) is 19.3 Å². The van der Waals surface area contributed by atoms with Gasteiger partial charge in [0.1, 0.15) is 0 Å². The third kappa shape index (κ3) is 4.54. The SMILES string of the molecule is CC(C)(O)c1ccc(-c2ccc3nccc(C(=O)N4CCCC(S(C)(=O)=O)C4)c3c2)cc1. The van der Waals surface area contributed by atoms with Crippen molar-refractivity contribution in [3.05, 3.63) is 65.9 Å². The van der Waals surface area contributed by atoms with E-state index in [0.717, 1.165) is 22.1 Å². The number of nitrogens with zero attached hydrogens (tertiary/aromatic N) is 2. The number of piperidine rings is 1. The standard InChI is InChI=1S/C25H28N2O4S/c1-25(2,29)19-9-6-17(7-10-19)18-8-11-23-22(15-18)21(12-13-26-23)24(28)27-14-4-5-20(16-27)32(3,30)31/h6-13,15,20,29H,4-5,14,16H2,1-3H3. The Bertz CT molecular complexity index is 1260. The van der Waals surface area contributed by atoms with Crippen molar-refractivity contribution in [3.8, 4) is 11.1 Å². The molecule has 1 aliphatic heterocycles. The van der Waals surface area contributed by atoms with Gasteiger partial charge >= 0.3 is 0 Å². The Labute approximate surface area is 188 Å². The molecular formula is C25H28N2O4S. The van der Waals surface area contributed by atoms with E-state index < -0.39 is 20.7 Å². The number of aliphatic hydroxyl groups is 1. The lowest BCUT2D eigenvalue weighted by molar-refractivity contribution is 0.0728. The minimum atomic E-state index is -3.20. The van der Waals surface area contributed by atoms with Gasteiger partial charge in [0.05, 0.1) is 21.9 Å². The van der Waals surface area contributed by atoms with Crippen LogP contribution < -0.4 is 0 Å². The molecule has 1 amide bonds. The van der Waals surface area contributed by atoms with Gasteiger partial charge in [0.25, 0.3) is 5.91 Å². The molecule has 2 aromatic carbocycles. The predicted octanol–water partition coefficient (Wildman–Crippen LogP) is 3.78. The van der Waals surface area contributed by atoms with Gasteiger partial charge in [0.15, 0.2) is 9.84 Å². The summed E-state index contributed by atoms with van der Waals surface area (Å²) in [5.41, 5.74) is 3.06. The lowest BCUT2D eigenvalue weighted by Crippen LogP contribution is -2.45. The Morgan fingerprint density at radius 2 is 1.78 bits per heavy atom. The van der Waals surface area contributed by atoms with Gasteiger partial charge in [-0.15, -0.1) is 0 Å². The Balaban J connectivity index is 1.69. The first-order valence-corrected chi connectivity index (χ1v) is 12.7. The van der Waals surface area contributed by atoms with Crippen LogP contribution in [0, 0.1) is 0 Å². The molecule has 3 aromatic rings. The predicted molar refractivity (Wildman–Crippen MR) is 126 cm³/mol. The number of fused-ring (bicyclic) bond motifs is 1. The minimum absolute atomic E-state index is 0.166. The van der Waals surface area contributed by atoms with Crippen LogP contribution in [0.3, 0.4) is 0 Å². The lowest BCUT2D eigenvalue weighted by Gasteiger charge is -2.32. The fourth-order valence-electron chi connectivity index (χ4n) is 4.23. The van der Waals surface area contributed by atoms with Gasteiger partial charge in [0, 0.05) is 30.9 Å². The number of aromatic nitrogens is 1. The number of hydrogen-bond donors (Lipinski definition) is 1. The maximum absolute atomic E-state index is 13.4. The quantitative estimate of drug-likeness (QED) is 0.651. The molecule has 4 rings (SSSR count). The first kappa shape index (κ1) is 22.4. The van der Waals surface area contributed by atoms with Crippen molar-refractivity contribution in [1.82, 2.24) is 9.88 Å². The molecule has 2 heterocycles. The summed E-state index contributed by atoms with van der Waals surface area (Å²) in [5.74, 6) is -0.166. The van der Waals surface area contributed by atoms with Crippen LogP contribution >= 0.6 is 0 Å². The average molecular weight is 453 g/mol. The number of benzene rings is 2. The van der Waals surface area contributed by atoms with E-state index >= 15 is 0 Å². The highest BCUT2D eigenvalue weighted by molar-refractivity contribution is 7.91. The van der Waals surface area contributed by atoms with Crippen LogP contribution in [0.1, 0.15) is 42.6 Å². The molecule has 6 nitrogen and oxygen atoms in total. The number of carbonyl (C=O) groups is 1. The molecule has 0 bridgehead atoms. The van der Waals surface area contributed by atoms with Crippen molar-refractivity contribution in [2.45, 2.75) is 37.5 Å². The Morgan fingerprint density at radius 1 is 1.09 bits per heavy atom. The second-order valence-corrected chi connectivity index (χ2v) is 11.4. The summed E-state index contributed by atoms with van der Waals surface area (Å²) in [6.07, 6.45) is 4.12. The first-order chi connectivity index (χ1) is 15.0. The Morgan fingerprint density at radius 3 is 2.44 bits per heavy atom. The number of amides is 1. The highest BCUT2D eigenvalue weighted by atomic mass is 32.2. The number of carbonyl (C=O) groups excluding carboxylic acids is 1. The van der Waals surface area contributed by atoms with Crippen LogP contribution in [0.5, 0.6) is 0 Å². The minimum Gasteiger partial charge on any atom is -0.386 e. The molecule has 168 valence electrons. The third-order valence-corrected chi connectivity index (χ3v) is 7.76. The van der Waals surface area contributed by atoms with Gasteiger partial charge in [-0.25, -0.2) is 8.42 Å². The second-order valence-electron chi connectivity index (χ2n) is 9.07. The number of sulfone groups is 1. The molecule has 0 aliphatic carbocycles. The van der Waals surface area contributed by atoms with Crippen LogP contribution in [0.4, 0.5) is 0 Å². The molecule has 1 aliphatic rings. The number of pyridine rings is 1. The second kappa shape index (κ2) is 8.30. The molecule has 1 unspecified atom stereocenters. The summed E-state index contributed by atoms with van der Waals surface area (Å²) >= 11 is 0. The van der Waals surface area contributed by atoms with E-state index in [2.05, 4.69) is 4.98 Å². The summed E-state index contributed by atoms with van der Waals surface area (Å²) in [5, 5.41) is 10.4. The molecule has 1 saturated heterocycles. The summed E-state index contributed by atoms with van der Waals surface area (Å²) in [6, 6.07) is 15.2. The molecule has 0 saturated carbocycles. The van der Waals surface area contributed by atoms with E-state index in [1.807, 2.05) is 42.5 Å². The third-order valence-electron chi connectivity index (χ3n) is 6.17. The van der Waals surface area contributed by atoms with Gasteiger partial charge < -0.3 is 10.0 Å². The van der Waals surface area contributed by atoms with Gasteiger partial charge in [-0.05, 0) is 61.6 Å². The molecule has 0 radical (unpaired) electrons. The van der Waals surface area contributed by atoms with Crippen LogP contribution in [-0.4, -0.2) is 53.9 Å². The molecular weight excluding hydrogens is 424 g/mol. The van der Waals surface area contributed by atoms with Gasteiger partial charge in [-0.1, -0.05) is 30.3 Å².